The number of aliphatic hydroxyl groups excluding tert-OH is 1. The third kappa shape index (κ3) is 3.48. The van der Waals surface area contributed by atoms with Crippen molar-refractivity contribution in [2.45, 2.75) is 19.4 Å². The van der Waals surface area contributed by atoms with Gasteiger partial charge in [-0.05, 0) is 53.3 Å². The Morgan fingerprint density at radius 3 is 2.66 bits per heavy atom. The van der Waals surface area contributed by atoms with Gasteiger partial charge in [0.15, 0.2) is 10.9 Å². The fraction of sp³-hybridized carbons (Fsp3) is 0.125. The number of hydrogen-bond acceptors (Lipinski definition) is 6. The molecule has 1 N–H and O–H groups in total. The minimum absolute atomic E-state index is 0.0771. The van der Waals surface area contributed by atoms with Crippen molar-refractivity contribution in [2.24, 2.45) is 0 Å². The van der Waals surface area contributed by atoms with Crippen LogP contribution in [0.15, 0.2) is 75.8 Å². The smallest absolute Gasteiger partial charge is 0.296 e. The van der Waals surface area contributed by atoms with Crippen LogP contribution in [0, 0.1) is 0 Å². The number of benzene rings is 2. The van der Waals surface area contributed by atoms with Crippen LogP contribution in [-0.4, -0.2) is 21.8 Å². The van der Waals surface area contributed by atoms with Gasteiger partial charge in [0.05, 0.1) is 26.7 Å². The molecule has 160 valence electrons. The van der Waals surface area contributed by atoms with E-state index in [9.17, 15) is 14.7 Å². The van der Waals surface area contributed by atoms with Crippen molar-refractivity contribution < 1.29 is 14.7 Å². The number of nitrogens with zero attached hydrogens (tertiary/aromatic N) is 2. The third-order valence-electron chi connectivity index (χ3n) is 5.44. The SMILES string of the molecule is CCc1ccc2nc(N3C(=O)C(O)=C(C(=O)c4cccs4)C3c3ccc(Br)cc3)sc2c1. The molecule has 1 amide bonds. The quantitative estimate of drug-likeness (QED) is 0.304. The van der Waals surface area contributed by atoms with Crippen LogP contribution in [0.1, 0.15) is 33.8 Å². The number of halogens is 1. The lowest BCUT2D eigenvalue weighted by atomic mass is 9.96. The maximum atomic E-state index is 13.3. The number of fused-ring (bicyclic) bond motifs is 1. The topological polar surface area (TPSA) is 70.5 Å². The molecule has 0 saturated carbocycles. The highest BCUT2D eigenvalue weighted by atomic mass is 79.9. The number of thiophene rings is 1. The van der Waals surface area contributed by atoms with Crippen molar-refractivity contribution >= 4 is 65.6 Å². The number of rotatable bonds is 5. The maximum Gasteiger partial charge on any atom is 0.296 e. The Hall–Kier alpha value is -2.81. The summed E-state index contributed by atoms with van der Waals surface area (Å²) in [4.78, 5) is 33.2. The zero-order valence-corrected chi connectivity index (χ0v) is 20.1. The molecule has 1 aliphatic rings. The first-order valence-corrected chi connectivity index (χ1v) is 12.5. The summed E-state index contributed by atoms with van der Waals surface area (Å²) >= 11 is 6.09. The summed E-state index contributed by atoms with van der Waals surface area (Å²) in [6, 6.07) is 16.1. The Morgan fingerprint density at radius 2 is 1.97 bits per heavy atom. The number of aryl methyl sites for hydroxylation is 1. The lowest BCUT2D eigenvalue weighted by Crippen LogP contribution is -2.30. The van der Waals surface area contributed by atoms with E-state index in [1.807, 2.05) is 36.4 Å². The summed E-state index contributed by atoms with van der Waals surface area (Å²) in [5, 5.41) is 13.1. The van der Waals surface area contributed by atoms with E-state index in [1.165, 1.54) is 33.1 Å². The monoisotopic (exact) mass is 524 g/mol. The van der Waals surface area contributed by atoms with Gasteiger partial charge in [0, 0.05) is 4.47 Å². The number of amides is 1. The highest BCUT2D eigenvalue weighted by Crippen LogP contribution is 2.44. The predicted octanol–water partition coefficient (Wildman–Crippen LogP) is 6.47. The van der Waals surface area contributed by atoms with Crippen molar-refractivity contribution in [3.05, 3.63) is 91.8 Å². The van der Waals surface area contributed by atoms with Gasteiger partial charge in [0.1, 0.15) is 0 Å². The van der Waals surface area contributed by atoms with Gasteiger partial charge < -0.3 is 5.11 Å². The molecule has 0 spiro atoms. The molecule has 1 atom stereocenters. The minimum atomic E-state index is -0.767. The van der Waals surface area contributed by atoms with Crippen molar-refractivity contribution in [3.63, 3.8) is 0 Å². The number of aromatic nitrogens is 1. The van der Waals surface area contributed by atoms with E-state index in [0.717, 1.165) is 26.7 Å². The van der Waals surface area contributed by atoms with E-state index in [0.29, 0.717) is 10.0 Å². The summed E-state index contributed by atoms with van der Waals surface area (Å²) < 4.78 is 1.84. The first kappa shape index (κ1) is 21.1. The van der Waals surface area contributed by atoms with Gasteiger partial charge in [-0.2, -0.15) is 0 Å². The summed E-state index contributed by atoms with van der Waals surface area (Å²) in [5.74, 6) is -1.49. The fourth-order valence-electron chi connectivity index (χ4n) is 3.82. The molecule has 0 saturated heterocycles. The third-order valence-corrected chi connectivity index (χ3v) is 7.85. The molecule has 5 rings (SSSR count). The lowest BCUT2D eigenvalue weighted by molar-refractivity contribution is -0.117. The van der Waals surface area contributed by atoms with Gasteiger partial charge >= 0.3 is 0 Å². The highest BCUT2D eigenvalue weighted by Gasteiger charge is 2.46. The molecule has 2 aromatic heterocycles. The van der Waals surface area contributed by atoms with Crippen LogP contribution in [-0.2, 0) is 11.2 Å². The maximum absolute atomic E-state index is 13.3. The van der Waals surface area contributed by atoms with Crippen molar-refractivity contribution in [2.75, 3.05) is 4.90 Å². The van der Waals surface area contributed by atoms with E-state index in [4.69, 9.17) is 0 Å². The van der Waals surface area contributed by atoms with Crippen molar-refractivity contribution in [1.82, 2.24) is 4.98 Å². The molecule has 2 aromatic carbocycles. The van der Waals surface area contributed by atoms with Crippen LogP contribution >= 0.6 is 38.6 Å². The van der Waals surface area contributed by atoms with Gasteiger partial charge in [-0.15, -0.1) is 11.3 Å². The fourth-order valence-corrected chi connectivity index (χ4v) is 5.81. The lowest BCUT2D eigenvalue weighted by Gasteiger charge is -2.24. The number of aliphatic hydroxyl groups is 1. The van der Waals surface area contributed by atoms with E-state index < -0.39 is 17.7 Å². The molecular formula is C24H17BrN2O3S2. The summed E-state index contributed by atoms with van der Waals surface area (Å²) in [6.45, 7) is 2.08. The molecule has 4 aromatic rings. The zero-order chi connectivity index (χ0) is 22.4. The second kappa shape index (κ2) is 8.27. The van der Waals surface area contributed by atoms with Crippen LogP contribution in [0.3, 0.4) is 0 Å². The normalized spacial score (nSPS) is 16.4. The average molecular weight is 525 g/mol. The Balaban J connectivity index is 1.67. The van der Waals surface area contributed by atoms with Crippen LogP contribution in [0.2, 0.25) is 0 Å². The molecule has 0 aliphatic carbocycles. The average Bonchev–Trinajstić information content (AvgIpc) is 3.52. The summed E-state index contributed by atoms with van der Waals surface area (Å²) in [7, 11) is 0. The predicted molar refractivity (Wildman–Crippen MR) is 132 cm³/mol. The number of anilines is 1. The van der Waals surface area contributed by atoms with Crippen molar-refractivity contribution in [1.29, 1.82) is 0 Å². The van der Waals surface area contributed by atoms with Gasteiger partial charge in [-0.25, -0.2) is 4.98 Å². The minimum Gasteiger partial charge on any atom is -0.503 e. The number of Topliss-reactive ketones (excluding diaryl/α,β-unsaturated/α-hetero) is 1. The van der Waals surface area contributed by atoms with Crippen LogP contribution in [0.25, 0.3) is 10.2 Å². The molecule has 5 nitrogen and oxygen atoms in total. The van der Waals surface area contributed by atoms with E-state index in [-0.39, 0.29) is 11.4 Å². The molecule has 3 heterocycles. The Bertz CT molecular complexity index is 1370. The largest absolute Gasteiger partial charge is 0.503 e. The molecule has 1 aliphatic heterocycles. The molecule has 0 radical (unpaired) electrons. The van der Waals surface area contributed by atoms with E-state index >= 15 is 0 Å². The van der Waals surface area contributed by atoms with E-state index in [2.05, 4.69) is 33.9 Å². The van der Waals surface area contributed by atoms with Gasteiger partial charge in [-0.3, -0.25) is 14.5 Å². The summed E-state index contributed by atoms with van der Waals surface area (Å²) in [6.07, 6.45) is 0.898. The van der Waals surface area contributed by atoms with Gasteiger partial charge in [-0.1, -0.05) is 58.5 Å². The highest BCUT2D eigenvalue weighted by molar-refractivity contribution is 9.10. The Morgan fingerprint density at radius 1 is 1.19 bits per heavy atom. The standard InChI is InChI=1S/C24H17BrN2O3S2/c1-2-13-5-10-16-18(12-13)32-24(26-16)27-20(14-6-8-15(25)9-7-14)19(22(29)23(27)30)21(28)17-4-3-11-31-17/h3-12,20,29H,2H2,1H3. The number of thiazole rings is 1. The Labute approximate surface area is 200 Å². The summed E-state index contributed by atoms with van der Waals surface area (Å²) in [5.41, 5.74) is 2.76. The van der Waals surface area contributed by atoms with E-state index in [1.54, 1.807) is 17.5 Å². The molecule has 32 heavy (non-hydrogen) atoms. The molecule has 1 unspecified atom stereocenters. The van der Waals surface area contributed by atoms with Crippen LogP contribution in [0.5, 0.6) is 0 Å². The first-order chi connectivity index (χ1) is 15.5. The number of carbonyl (C=O) groups excluding carboxylic acids is 2. The number of hydrogen-bond donors (Lipinski definition) is 1. The molecular weight excluding hydrogens is 508 g/mol. The van der Waals surface area contributed by atoms with Gasteiger partial charge in [0.2, 0.25) is 5.78 Å². The number of carbonyl (C=O) groups is 2. The van der Waals surface area contributed by atoms with Gasteiger partial charge in [0.25, 0.3) is 5.91 Å². The van der Waals surface area contributed by atoms with Crippen molar-refractivity contribution in [3.8, 4) is 0 Å². The number of ketones is 1. The molecule has 0 bridgehead atoms. The first-order valence-electron chi connectivity index (χ1n) is 9.97. The van der Waals surface area contributed by atoms with Crippen LogP contribution < -0.4 is 4.90 Å². The zero-order valence-electron chi connectivity index (χ0n) is 16.9. The second-order valence-corrected chi connectivity index (χ2v) is 10.2. The van der Waals surface area contributed by atoms with Crippen LogP contribution in [0.4, 0.5) is 5.13 Å². The molecule has 8 heteroatoms. The Kier molecular flexibility index (Phi) is 5.44. The second-order valence-electron chi connectivity index (χ2n) is 7.35. The molecule has 0 fully saturated rings.